The van der Waals surface area contributed by atoms with Gasteiger partial charge >= 0.3 is 12.1 Å². The summed E-state index contributed by atoms with van der Waals surface area (Å²) < 4.78 is 43.1. The van der Waals surface area contributed by atoms with E-state index in [2.05, 4.69) is 0 Å². The molecule has 116 valence electrons. The number of carbonyl (C=O) groups is 1. The highest BCUT2D eigenvalue weighted by atomic mass is 19.4. The Kier molecular flexibility index (Phi) is 4.75. The molecule has 0 amide bonds. The van der Waals surface area contributed by atoms with Crippen LogP contribution in [0.3, 0.4) is 0 Å². The summed E-state index contributed by atoms with van der Waals surface area (Å²) in [4.78, 5) is 13.5. The third-order valence-corrected chi connectivity index (χ3v) is 3.65. The standard InChI is InChI=1S/C15H18F3NO2/c1-2-21-14(20)11-6-8-19(9-7-11)13-5-3-4-12(10-13)15(16,17)18/h3-5,10-11H,2,6-9H2,1H3. The first kappa shape index (κ1) is 15.7. The van der Waals surface area contributed by atoms with E-state index in [0.29, 0.717) is 38.2 Å². The molecule has 1 heterocycles. The number of alkyl halides is 3. The molecule has 3 nitrogen and oxygen atoms in total. The van der Waals surface area contributed by atoms with Crippen molar-refractivity contribution < 1.29 is 22.7 Å². The van der Waals surface area contributed by atoms with Gasteiger partial charge in [-0.3, -0.25) is 4.79 Å². The zero-order chi connectivity index (χ0) is 15.5. The number of hydrogen-bond donors (Lipinski definition) is 0. The van der Waals surface area contributed by atoms with Gasteiger partial charge in [-0.05, 0) is 38.0 Å². The van der Waals surface area contributed by atoms with E-state index >= 15 is 0 Å². The molecular weight excluding hydrogens is 283 g/mol. The SMILES string of the molecule is CCOC(=O)C1CCN(c2cccc(C(F)(F)F)c2)CC1. The molecule has 0 bridgehead atoms. The maximum absolute atomic E-state index is 12.7. The van der Waals surface area contributed by atoms with E-state index < -0.39 is 11.7 Å². The highest BCUT2D eigenvalue weighted by molar-refractivity contribution is 5.72. The van der Waals surface area contributed by atoms with Gasteiger partial charge in [0.25, 0.3) is 0 Å². The fourth-order valence-electron chi connectivity index (χ4n) is 2.51. The number of nitrogens with zero attached hydrogens (tertiary/aromatic N) is 1. The number of piperidine rings is 1. The van der Waals surface area contributed by atoms with Gasteiger partial charge < -0.3 is 9.64 Å². The van der Waals surface area contributed by atoms with E-state index in [0.717, 1.165) is 12.1 Å². The minimum absolute atomic E-state index is 0.146. The van der Waals surface area contributed by atoms with Crippen molar-refractivity contribution in [3.63, 3.8) is 0 Å². The van der Waals surface area contributed by atoms with Crippen LogP contribution in [0.2, 0.25) is 0 Å². The predicted octanol–water partition coefficient (Wildman–Crippen LogP) is 3.48. The van der Waals surface area contributed by atoms with E-state index in [-0.39, 0.29) is 11.9 Å². The van der Waals surface area contributed by atoms with Crippen LogP contribution in [0, 0.1) is 5.92 Å². The summed E-state index contributed by atoms with van der Waals surface area (Å²) in [6.45, 7) is 3.23. The number of esters is 1. The fraction of sp³-hybridized carbons (Fsp3) is 0.533. The van der Waals surface area contributed by atoms with Crippen molar-refractivity contribution in [2.45, 2.75) is 25.9 Å². The van der Waals surface area contributed by atoms with Gasteiger partial charge in [0.15, 0.2) is 0 Å². The van der Waals surface area contributed by atoms with Crippen molar-refractivity contribution in [1.82, 2.24) is 0 Å². The van der Waals surface area contributed by atoms with Crippen molar-refractivity contribution in [3.8, 4) is 0 Å². The molecule has 1 aromatic rings. The van der Waals surface area contributed by atoms with E-state index in [9.17, 15) is 18.0 Å². The molecule has 1 fully saturated rings. The Morgan fingerprint density at radius 1 is 1.33 bits per heavy atom. The lowest BCUT2D eigenvalue weighted by atomic mass is 9.96. The van der Waals surface area contributed by atoms with E-state index in [1.807, 2.05) is 4.90 Å². The molecule has 1 aliphatic rings. The Labute approximate surface area is 121 Å². The first-order valence-corrected chi connectivity index (χ1v) is 7.00. The number of hydrogen-bond acceptors (Lipinski definition) is 3. The van der Waals surface area contributed by atoms with Crippen LogP contribution in [0.1, 0.15) is 25.3 Å². The summed E-state index contributed by atoms with van der Waals surface area (Å²) in [5.74, 6) is -0.354. The normalized spacial score (nSPS) is 16.9. The number of ether oxygens (including phenoxy) is 1. The lowest BCUT2D eigenvalue weighted by molar-refractivity contribution is -0.148. The van der Waals surface area contributed by atoms with Crippen molar-refractivity contribution in [3.05, 3.63) is 29.8 Å². The zero-order valence-electron chi connectivity index (χ0n) is 11.8. The lowest BCUT2D eigenvalue weighted by Crippen LogP contribution is -2.37. The second-order valence-corrected chi connectivity index (χ2v) is 5.06. The number of carbonyl (C=O) groups excluding carboxylic acids is 1. The maximum Gasteiger partial charge on any atom is 0.416 e. The third kappa shape index (κ3) is 3.89. The van der Waals surface area contributed by atoms with Gasteiger partial charge in [0.05, 0.1) is 18.1 Å². The Morgan fingerprint density at radius 2 is 2.00 bits per heavy atom. The quantitative estimate of drug-likeness (QED) is 0.801. The van der Waals surface area contributed by atoms with Crippen LogP contribution >= 0.6 is 0 Å². The van der Waals surface area contributed by atoms with Gasteiger partial charge in [-0.2, -0.15) is 13.2 Å². The Hall–Kier alpha value is -1.72. The van der Waals surface area contributed by atoms with Crippen molar-refractivity contribution in [2.24, 2.45) is 5.92 Å². The molecule has 1 aromatic carbocycles. The largest absolute Gasteiger partial charge is 0.466 e. The molecule has 0 saturated carbocycles. The van der Waals surface area contributed by atoms with Crippen LogP contribution in [-0.4, -0.2) is 25.7 Å². The van der Waals surface area contributed by atoms with Gasteiger partial charge in [-0.15, -0.1) is 0 Å². The minimum Gasteiger partial charge on any atom is -0.466 e. The minimum atomic E-state index is -4.33. The summed E-state index contributed by atoms with van der Waals surface area (Å²) in [5, 5.41) is 0. The predicted molar refractivity (Wildman–Crippen MR) is 73.0 cm³/mol. The molecule has 6 heteroatoms. The molecule has 0 spiro atoms. The van der Waals surface area contributed by atoms with Crippen LogP contribution in [0.15, 0.2) is 24.3 Å². The number of anilines is 1. The number of rotatable bonds is 3. The smallest absolute Gasteiger partial charge is 0.416 e. The number of benzene rings is 1. The first-order valence-electron chi connectivity index (χ1n) is 7.00. The molecule has 0 radical (unpaired) electrons. The van der Waals surface area contributed by atoms with Gasteiger partial charge in [0, 0.05) is 18.8 Å². The van der Waals surface area contributed by atoms with Crippen molar-refractivity contribution >= 4 is 11.7 Å². The van der Waals surface area contributed by atoms with Crippen molar-refractivity contribution in [2.75, 3.05) is 24.6 Å². The molecule has 2 rings (SSSR count). The van der Waals surface area contributed by atoms with Gasteiger partial charge in [-0.1, -0.05) is 6.07 Å². The second kappa shape index (κ2) is 6.37. The van der Waals surface area contributed by atoms with E-state index in [1.165, 1.54) is 6.07 Å². The van der Waals surface area contributed by atoms with Crippen molar-refractivity contribution in [1.29, 1.82) is 0 Å². The summed E-state index contributed by atoms with van der Waals surface area (Å²) >= 11 is 0. The van der Waals surface area contributed by atoms with Gasteiger partial charge in [0.1, 0.15) is 0 Å². The maximum atomic E-state index is 12.7. The van der Waals surface area contributed by atoms with Crippen LogP contribution in [0.5, 0.6) is 0 Å². The summed E-state index contributed by atoms with van der Waals surface area (Å²) in [6.07, 6.45) is -3.12. The average Bonchev–Trinajstić information content (AvgIpc) is 2.47. The fourth-order valence-corrected chi connectivity index (χ4v) is 2.51. The van der Waals surface area contributed by atoms with Crippen LogP contribution in [-0.2, 0) is 15.7 Å². The highest BCUT2D eigenvalue weighted by Gasteiger charge is 2.31. The zero-order valence-corrected chi connectivity index (χ0v) is 11.8. The molecule has 0 aromatic heterocycles. The lowest BCUT2D eigenvalue weighted by Gasteiger charge is -2.32. The Morgan fingerprint density at radius 3 is 2.57 bits per heavy atom. The molecule has 0 N–H and O–H groups in total. The molecule has 1 aliphatic heterocycles. The van der Waals surface area contributed by atoms with E-state index in [4.69, 9.17) is 4.74 Å². The Balaban J connectivity index is 2.01. The molecule has 0 aliphatic carbocycles. The van der Waals surface area contributed by atoms with Crippen LogP contribution in [0.4, 0.5) is 18.9 Å². The summed E-state index contributed by atoms with van der Waals surface area (Å²) in [7, 11) is 0. The molecule has 0 unspecified atom stereocenters. The van der Waals surface area contributed by atoms with Gasteiger partial charge in [-0.25, -0.2) is 0 Å². The van der Waals surface area contributed by atoms with Crippen LogP contribution < -0.4 is 4.90 Å². The summed E-state index contributed by atoms with van der Waals surface area (Å²) in [5.41, 5.74) is -0.0975. The third-order valence-electron chi connectivity index (χ3n) is 3.65. The van der Waals surface area contributed by atoms with E-state index in [1.54, 1.807) is 13.0 Å². The molecule has 1 saturated heterocycles. The Bertz CT molecular complexity index is 494. The molecule has 21 heavy (non-hydrogen) atoms. The molecule has 0 atom stereocenters. The van der Waals surface area contributed by atoms with Crippen LogP contribution in [0.25, 0.3) is 0 Å². The number of halogens is 3. The second-order valence-electron chi connectivity index (χ2n) is 5.06. The summed E-state index contributed by atoms with van der Waals surface area (Å²) in [6, 6.07) is 5.30. The monoisotopic (exact) mass is 301 g/mol. The van der Waals surface area contributed by atoms with Gasteiger partial charge in [0.2, 0.25) is 0 Å². The molecular formula is C15H18F3NO2. The average molecular weight is 301 g/mol. The topological polar surface area (TPSA) is 29.5 Å². The first-order chi connectivity index (χ1) is 9.91. The highest BCUT2D eigenvalue weighted by Crippen LogP contribution is 2.32.